The first-order valence-electron chi connectivity index (χ1n) is 6.29. The van der Waals surface area contributed by atoms with Crippen LogP contribution in [0.3, 0.4) is 0 Å². The van der Waals surface area contributed by atoms with Gasteiger partial charge in [0.15, 0.2) is 9.84 Å². The first-order chi connectivity index (χ1) is 8.13. The molecule has 1 rings (SSSR count). The molecule has 0 saturated heterocycles. The van der Waals surface area contributed by atoms with Gasteiger partial charge in [-0.1, -0.05) is 6.42 Å². The van der Waals surface area contributed by atoms with Gasteiger partial charge in [0.2, 0.25) is 0 Å². The molecule has 1 aliphatic rings. The molecule has 106 valence electrons. The molecule has 2 N–H and O–H groups in total. The number of carboxylic acids is 1. The zero-order valence-corrected chi connectivity index (χ0v) is 12.1. The van der Waals surface area contributed by atoms with E-state index in [2.05, 4.69) is 5.32 Å². The van der Waals surface area contributed by atoms with Gasteiger partial charge in [-0.25, -0.2) is 8.42 Å². The third kappa shape index (κ3) is 3.95. The van der Waals surface area contributed by atoms with Crippen LogP contribution in [0.15, 0.2) is 0 Å². The Morgan fingerprint density at radius 2 is 2.00 bits per heavy atom. The van der Waals surface area contributed by atoms with Crippen molar-refractivity contribution in [2.24, 2.45) is 5.92 Å². The number of aliphatic carboxylic acids is 1. The van der Waals surface area contributed by atoms with Gasteiger partial charge in [-0.3, -0.25) is 4.79 Å². The molecule has 0 amide bonds. The van der Waals surface area contributed by atoms with Crippen LogP contribution in [0.25, 0.3) is 0 Å². The average Bonchev–Trinajstić information content (AvgIpc) is 2.25. The minimum atomic E-state index is -3.11. The summed E-state index contributed by atoms with van der Waals surface area (Å²) in [5.41, 5.74) is 0. The van der Waals surface area contributed by atoms with E-state index in [1.807, 2.05) is 0 Å². The minimum absolute atomic E-state index is 0.112. The highest BCUT2D eigenvalue weighted by molar-refractivity contribution is 7.92. The molecule has 0 aromatic carbocycles. The van der Waals surface area contributed by atoms with Crippen molar-refractivity contribution in [1.29, 1.82) is 0 Å². The van der Waals surface area contributed by atoms with Crippen LogP contribution in [0.1, 0.15) is 39.5 Å². The fourth-order valence-electron chi connectivity index (χ4n) is 2.12. The van der Waals surface area contributed by atoms with Crippen molar-refractivity contribution in [3.63, 3.8) is 0 Å². The molecule has 0 radical (unpaired) electrons. The zero-order valence-electron chi connectivity index (χ0n) is 11.3. The number of sulfone groups is 1. The number of carboxylic acid groups (broad SMARTS) is 1. The first kappa shape index (κ1) is 15.4. The van der Waals surface area contributed by atoms with E-state index in [4.69, 9.17) is 5.11 Å². The quantitative estimate of drug-likeness (QED) is 0.784. The summed E-state index contributed by atoms with van der Waals surface area (Å²) in [6.07, 6.45) is 4.35. The summed E-state index contributed by atoms with van der Waals surface area (Å²) >= 11 is 0. The molecule has 0 spiro atoms. The van der Waals surface area contributed by atoms with E-state index in [9.17, 15) is 13.2 Å². The maximum absolute atomic E-state index is 11.6. The molecule has 0 aromatic rings. The van der Waals surface area contributed by atoms with Crippen LogP contribution in [0.5, 0.6) is 0 Å². The summed E-state index contributed by atoms with van der Waals surface area (Å²) in [6.45, 7) is 3.74. The number of carbonyl (C=O) groups is 1. The van der Waals surface area contributed by atoms with E-state index >= 15 is 0 Å². The lowest BCUT2D eigenvalue weighted by atomic mass is 9.85. The molecule has 1 fully saturated rings. The Labute approximate surface area is 109 Å². The highest BCUT2D eigenvalue weighted by Gasteiger charge is 2.32. The average molecular weight is 277 g/mol. The fraction of sp³-hybridized carbons (Fsp3) is 0.917. The summed E-state index contributed by atoms with van der Waals surface area (Å²) in [5, 5.41) is 12.2. The van der Waals surface area contributed by atoms with Crippen molar-refractivity contribution in [2.45, 2.75) is 50.3 Å². The van der Waals surface area contributed by atoms with Crippen LogP contribution in [0.4, 0.5) is 0 Å². The summed E-state index contributed by atoms with van der Waals surface area (Å²) in [4.78, 5) is 10.9. The van der Waals surface area contributed by atoms with Crippen LogP contribution in [-0.2, 0) is 14.6 Å². The molecule has 0 aromatic heterocycles. The summed E-state index contributed by atoms with van der Waals surface area (Å²) in [5.74, 6) is -1.04. The van der Waals surface area contributed by atoms with Gasteiger partial charge in [0.05, 0.1) is 10.7 Å². The maximum atomic E-state index is 11.6. The Hall–Kier alpha value is -0.620. The summed E-state index contributed by atoms with van der Waals surface area (Å²) in [6, 6.07) is 0.112. The highest BCUT2D eigenvalue weighted by Crippen LogP contribution is 2.25. The van der Waals surface area contributed by atoms with Gasteiger partial charge < -0.3 is 10.4 Å². The number of rotatable bonds is 5. The fourth-order valence-corrected chi connectivity index (χ4v) is 2.47. The van der Waals surface area contributed by atoms with Gasteiger partial charge in [0.1, 0.15) is 0 Å². The summed E-state index contributed by atoms with van der Waals surface area (Å²) in [7, 11) is -3.11. The van der Waals surface area contributed by atoms with E-state index < -0.39 is 20.6 Å². The predicted octanol–water partition coefficient (Wildman–Crippen LogP) is 1.04. The van der Waals surface area contributed by atoms with E-state index in [1.54, 1.807) is 13.8 Å². The monoisotopic (exact) mass is 277 g/mol. The Bertz CT molecular complexity index is 402. The first-order valence-corrected chi connectivity index (χ1v) is 8.18. The van der Waals surface area contributed by atoms with E-state index in [0.29, 0.717) is 13.0 Å². The van der Waals surface area contributed by atoms with Crippen LogP contribution in [-0.4, -0.2) is 43.1 Å². The maximum Gasteiger partial charge on any atom is 0.306 e. The largest absolute Gasteiger partial charge is 0.481 e. The van der Waals surface area contributed by atoms with Crippen molar-refractivity contribution < 1.29 is 18.3 Å². The molecule has 0 aliphatic heterocycles. The molecular formula is C12H23NO4S. The lowest BCUT2D eigenvalue weighted by molar-refractivity contribution is -0.143. The van der Waals surface area contributed by atoms with Gasteiger partial charge in [-0.2, -0.15) is 0 Å². The highest BCUT2D eigenvalue weighted by atomic mass is 32.2. The predicted molar refractivity (Wildman–Crippen MR) is 70.3 cm³/mol. The SMILES string of the molecule is CC(C)(CNC1CCCC(C(=O)O)C1)S(C)(=O)=O. The molecule has 0 heterocycles. The molecule has 1 aliphatic carbocycles. The van der Waals surface area contributed by atoms with E-state index in [-0.39, 0.29) is 12.0 Å². The Morgan fingerprint density at radius 3 is 2.50 bits per heavy atom. The number of nitrogens with one attached hydrogen (secondary N) is 1. The van der Waals surface area contributed by atoms with Crippen molar-refractivity contribution in [1.82, 2.24) is 5.32 Å². The third-order valence-corrected chi connectivity index (χ3v) is 6.00. The second-order valence-corrected chi connectivity index (χ2v) is 8.46. The molecule has 2 unspecified atom stereocenters. The van der Waals surface area contributed by atoms with Crippen LogP contribution < -0.4 is 5.32 Å². The lowest BCUT2D eigenvalue weighted by Gasteiger charge is -2.31. The zero-order chi connectivity index (χ0) is 14.0. The summed E-state index contributed by atoms with van der Waals surface area (Å²) < 4.78 is 22.3. The molecule has 2 atom stereocenters. The Kier molecular flexibility index (Phi) is 4.78. The molecule has 1 saturated carbocycles. The van der Waals surface area contributed by atoms with Gasteiger partial charge in [0.25, 0.3) is 0 Å². The van der Waals surface area contributed by atoms with Crippen molar-refractivity contribution >= 4 is 15.8 Å². The van der Waals surface area contributed by atoms with Gasteiger partial charge in [-0.05, 0) is 33.1 Å². The number of hydrogen-bond donors (Lipinski definition) is 2. The smallest absolute Gasteiger partial charge is 0.306 e. The van der Waals surface area contributed by atoms with Crippen molar-refractivity contribution in [2.75, 3.05) is 12.8 Å². The Balaban J connectivity index is 2.51. The molecule has 5 nitrogen and oxygen atoms in total. The van der Waals surface area contributed by atoms with Crippen LogP contribution in [0.2, 0.25) is 0 Å². The molecule has 18 heavy (non-hydrogen) atoms. The van der Waals surface area contributed by atoms with Crippen molar-refractivity contribution in [3.8, 4) is 0 Å². The second-order valence-electron chi connectivity index (χ2n) is 5.81. The Morgan fingerprint density at radius 1 is 1.39 bits per heavy atom. The minimum Gasteiger partial charge on any atom is -0.481 e. The topological polar surface area (TPSA) is 83.5 Å². The van der Waals surface area contributed by atoms with E-state index in [1.165, 1.54) is 6.26 Å². The van der Waals surface area contributed by atoms with Crippen LogP contribution in [0, 0.1) is 5.92 Å². The van der Waals surface area contributed by atoms with Gasteiger partial charge >= 0.3 is 5.97 Å². The molecule has 6 heteroatoms. The molecule has 0 bridgehead atoms. The lowest BCUT2D eigenvalue weighted by Crippen LogP contribution is -2.47. The van der Waals surface area contributed by atoms with Gasteiger partial charge in [0, 0.05) is 18.8 Å². The second kappa shape index (κ2) is 5.57. The van der Waals surface area contributed by atoms with Gasteiger partial charge in [-0.15, -0.1) is 0 Å². The third-order valence-electron chi connectivity index (χ3n) is 3.84. The van der Waals surface area contributed by atoms with Crippen molar-refractivity contribution in [3.05, 3.63) is 0 Å². The molecular weight excluding hydrogens is 254 g/mol. The number of hydrogen-bond acceptors (Lipinski definition) is 4. The van der Waals surface area contributed by atoms with Crippen LogP contribution >= 0.6 is 0 Å². The standard InChI is InChI=1S/C12H23NO4S/c1-12(2,18(3,16)17)8-13-10-6-4-5-9(7-10)11(14)15/h9-10,13H,4-8H2,1-3H3,(H,14,15). The van der Waals surface area contributed by atoms with E-state index in [0.717, 1.165) is 19.3 Å². The normalized spacial score (nSPS) is 25.9.